The molecule has 0 aromatic rings. The van der Waals surface area contributed by atoms with Crippen LogP contribution >= 0.6 is 0 Å². The van der Waals surface area contributed by atoms with Crippen molar-refractivity contribution in [2.24, 2.45) is 5.84 Å². The zero-order valence-electron chi connectivity index (χ0n) is 7.47. The summed E-state index contributed by atoms with van der Waals surface area (Å²) < 4.78 is 0. The number of rotatable bonds is 5. The minimum Gasteiger partial charge on any atom is -0.284 e. The fraction of sp³-hybridized carbons (Fsp3) is 0.875. The van der Waals surface area contributed by atoms with Crippen molar-refractivity contribution in [2.45, 2.75) is 39.0 Å². The third-order valence-electron chi connectivity index (χ3n) is 1.64. The Morgan fingerprint density at radius 3 is 2.45 bits per heavy atom. The molecule has 11 heavy (non-hydrogen) atoms. The first-order chi connectivity index (χ1) is 5.18. The molecule has 0 fully saturated rings. The number of carbonyl (C=O) groups excluding carboxylic acids is 1. The van der Waals surface area contributed by atoms with Gasteiger partial charge < -0.3 is 0 Å². The van der Waals surface area contributed by atoms with Crippen molar-refractivity contribution in [1.82, 2.24) is 5.01 Å². The molecule has 0 bridgehead atoms. The number of hydrogen-bond acceptors (Lipinski definition) is 2. The molecule has 0 aliphatic heterocycles. The molecule has 0 aromatic heterocycles. The number of nitrogens with two attached hydrogens (primary N) is 1. The Kier molecular flexibility index (Phi) is 5.84. The van der Waals surface area contributed by atoms with Crippen molar-refractivity contribution in [1.29, 1.82) is 0 Å². The molecule has 0 spiro atoms. The molecule has 0 saturated heterocycles. The van der Waals surface area contributed by atoms with Crippen LogP contribution in [0, 0.1) is 0 Å². The van der Waals surface area contributed by atoms with Crippen molar-refractivity contribution in [3.8, 4) is 0 Å². The zero-order valence-corrected chi connectivity index (χ0v) is 7.47. The molecule has 0 aliphatic rings. The molecule has 0 radical (unpaired) electrons. The first-order valence-electron chi connectivity index (χ1n) is 4.19. The fourth-order valence-corrected chi connectivity index (χ4v) is 0.879. The summed E-state index contributed by atoms with van der Waals surface area (Å²) in [6.45, 7) is 2.15. The highest BCUT2D eigenvalue weighted by molar-refractivity contribution is 5.75. The summed E-state index contributed by atoms with van der Waals surface area (Å²) in [5.41, 5.74) is 0. The third kappa shape index (κ3) is 5.85. The fourth-order valence-electron chi connectivity index (χ4n) is 0.879. The van der Waals surface area contributed by atoms with Crippen LogP contribution < -0.4 is 5.84 Å². The second kappa shape index (κ2) is 6.16. The molecule has 2 N–H and O–H groups in total. The van der Waals surface area contributed by atoms with E-state index in [1.165, 1.54) is 12.8 Å². The number of amides is 1. The molecule has 0 aromatic carbocycles. The van der Waals surface area contributed by atoms with Gasteiger partial charge in [0.1, 0.15) is 0 Å². The standard InChI is InChI=1S/C8H18N2O/c1-3-4-5-6-7-8(11)10(2)9/h3-7,9H2,1-2H3. The van der Waals surface area contributed by atoms with E-state index in [2.05, 4.69) is 6.92 Å². The topological polar surface area (TPSA) is 46.3 Å². The van der Waals surface area contributed by atoms with Crippen molar-refractivity contribution < 1.29 is 4.79 Å². The quantitative estimate of drug-likeness (QED) is 0.283. The van der Waals surface area contributed by atoms with E-state index in [1.54, 1.807) is 7.05 Å². The summed E-state index contributed by atoms with van der Waals surface area (Å²) in [5.74, 6) is 5.26. The normalized spacial score (nSPS) is 9.73. The van der Waals surface area contributed by atoms with E-state index in [0.29, 0.717) is 6.42 Å². The van der Waals surface area contributed by atoms with Crippen LogP contribution in [0.4, 0.5) is 0 Å². The summed E-state index contributed by atoms with van der Waals surface area (Å²) in [5, 5.41) is 1.16. The summed E-state index contributed by atoms with van der Waals surface area (Å²) >= 11 is 0. The van der Waals surface area contributed by atoms with Crippen LogP contribution in [0.15, 0.2) is 0 Å². The second-order valence-corrected chi connectivity index (χ2v) is 2.82. The molecule has 0 heterocycles. The van der Waals surface area contributed by atoms with Crippen molar-refractivity contribution in [3.05, 3.63) is 0 Å². The maximum Gasteiger partial charge on any atom is 0.236 e. The molecule has 0 saturated carbocycles. The minimum absolute atomic E-state index is 0.0288. The largest absolute Gasteiger partial charge is 0.284 e. The Hall–Kier alpha value is -0.570. The number of hydrazine groups is 1. The van der Waals surface area contributed by atoms with Gasteiger partial charge in [-0.3, -0.25) is 9.80 Å². The van der Waals surface area contributed by atoms with Gasteiger partial charge in [0.05, 0.1) is 0 Å². The first-order valence-corrected chi connectivity index (χ1v) is 4.19. The van der Waals surface area contributed by atoms with E-state index in [4.69, 9.17) is 5.84 Å². The van der Waals surface area contributed by atoms with Crippen molar-refractivity contribution in [2.75, 3.05) is 7.05 Å². The lowest BCUT2D eigenvalue weighted by Gasteiger charge is -2.08. The number of unbranched alkanes of at least 4 members (excludes halogenated alkanes) is 3. The van der Waals surface area contributed by atoms with Crippen molar-refractivity contribution >= 4 is 5.91 Å². The van der Waals surface area contributed by atoms with E-state index in [0.717, 1.165) is 17.9 Å². The molecule has 1 amide bonds. The predicted octanol–water partition coefficient (Wildman–Crippen LogP) is 1.29. The molecular formula is C8H18N2O. The molecule has 0 unspecified atom stereocenters. The Labute approximate surface area is 68.5 Å². The zero-order chi connectivity index (χ0) is 8.69. The summed E-state index contributed by atoms with van der Waals surface area (Å²) in [7, 11) is 1.59. The van der Waals surface area contributed by atoms with Gasteiger partial charge in [-0.05, 0) is 6.42 Å². The molecule has 0 rings (SSSR count). The Morgan fingerprint density at radius 2 is 2.00 bits per heavy atom. The number of hydrogen-bond donors (Lipinski definition) is 1. The smallest absolute Gasteiger partial charge is 0.236 e. The predicted molar refractivity (Wildman–Crippen MR) is 45.7 cm³/mol. The van der Waals surface area contributed by atoms with Crippen LogP contribution in [0.25, 0.3) is 0 Å². The molecule has 3 nitrogen and oxygen atoms in total. The van der Waals surface area contributed by atoms with Gasteiger partial charge >= 0.3 is 0 Å². The van der Waals surface area contributed by atoms with Crippen LogP contribution in [-0.2, 0) is 4.79 Å². The second-order valence-electron chi connectivity index (χ2n) is 2.82. The Bertz CT molecular complexity index is 113. The number of nitrogens with zero attached hydrogens (tertiary/aromatic N) is 1. The highest BCUT2D eigenvalue weighted by Crippen LogP contribution is 2.02. The third-order valence-corrected chi connectivity index (χ3v) is 1.64. The van der Waals surface area contributed by atoms with Crippen LogP contribution in [0.5, 0.6) is 0 Å². The summed E-state index contributed by atoms with van der Waals surface area (Å²) in [4.78, 5) is 10.9. The SMILES string of the molecule is CCCCCCC(=O)N(C)N. The molecular weight excluding hydrogens is 140 g/mol. The average molecular weight is 158 g/mol. The maximum absolute atomic E-state index is 10.9. The monoisotopic (exact) mass is 158 g/mol. The lowest BCUT2D eigenvalue weighted by atomic mass is 10.1. The molecule has 66 valence electrons. The van der Waals surface area contributed by atoms with E-state index >= 15 is 0 Å². The van der Waals surface area contributed by atoms with Gasteiger partial charge in [-0.25, -0.2) is 5.84 Å². The highest BCUT2D eigenvalue weighted by atomic mass is 16.2. The lowest BCUT2D eigenvalue weighted by Crippen LogP contribution is -2.32. The number of carbonyl (C=O) groups is 1. The van der Waals surface area contributed by atoms with Gasteiger partial charge in [0.15, 0.2) is 0 Å². The van der Waals surface area contributed by atoms with E-state index in [1.807, 2.05) is 0 Å². The Balaban J connectivity index is 3.18. The Morgan fingerprint density at radius 1 is 1.36 bits per heavy atom. The minimum atomic E-state index is 0.0288. The maximum atomic E-state index is 10.9. The van der Waals surface area contributed by atoms with Crippen LogP contribution in [-0.4, -0.2) is 18.0 Å². The molecule has 0 atom stereocenters. The van der Waals surface area contributed by atoms with Gasteiger partial charge in [-0.1, -0.05) is 26.2 Å². The van der Waals surface area contributed by atoms with Crippen LogP contribution in [0.1, 0.15) is 39.0 Å². The van der Waals surface area contributed by atoms with Crippen molar-refractivity contribution in [3.63, 3.8) is 0 Å². The average Bonchev–Trinajstić information content (AvgIpc) is 1.97. The molecule has 3 heteroatoms. The van der Waals surface area contributed by atoms with E-state index < -0.39 is 0 Å². The van der Waals surface area contributed by atoms with Crippen LogP contribution in [0.3, 0.4) is 0 Å². The van der Waals surface area contributed by atoms with E-state index in [-0.39, 0.29) is 5.91 Å². The van der Waals surface area contributed by atoms with Gasteiger partial charge in [0.2, 0.25) is 5.91 Å². The summed E-state index contributed by atoms with van der Waals surface area (Å²) in [6, 6.07) is 0. The van der Waals surface area contributed by atoms with Gasteiger partial charge in [-0.2, -0.15) is 0 Å². The first kappa shape index (κ1) is 10.4. The summed E-state index contributed by atoms with van der Waals surface area (Å²) in [6.07, 6.45) is 5.10. The van der Waals surface area contributed by atoms with E-state index in [9.17, 15) is 4.79 Å². The lowest BCUT2D eigenvalue weighted by molar-refractivity contribution is -0.130. The molecule has 0 aliphatic carbocycles. The highest BCUT2D eigenvalue weighted by Gasteiger charge is 2.02. The van der Waals surface area contributed by atoms with Gasteiger partial charge in [-0.15, -0.1) is 0 Å². The van der Waals surface area contributed by atoms with Gasteiger partial charge in [0.25, 0.3) is 0 Å². The van der Waals surface area contributed by atoms with Crippen LogP contribution in [0.2, 0.25) is 0 Å². The van der Waals surface area contributed by atoms with Gasteiger partial charge in [0, 0.05) is 13.5 Å².